The van der Waals surface area contributed by atoms with Crippen molar-refractivity contribution in [3.8, 4) is 5.75 Å². The third-order valence-corrected chi connectivity index (χ3v) is 1.78. The highest BCUT2D eigenvalue weighted by Crippen LogP contribution is 2.25. The molecule has 0 saturated carbocycles. The molecule has 0 spiro atoms. The quantitative estimate of drug-likeness (QED) is 0.529. The summed E-state index contributed by atoms with van der Waals surface area (Å²) >= 11 is 0. The van der Waals surface area contributed by atoms with Crippen molar-refractivity contribution in [2.75, 3.05) is 0 Å². The van der Waals surface area contributed by atoms with Gasteiger partial charge in [0, 0.05) is 0 Å². The van der Waals surface area contributed by atoms with Gasteiger partial charge in [-0.05, 0) is 12.1 Å². The largest absolute Gasteiger partial charge is 0.420 e. The zero-order valence-electron chi connectivity index (χ0n) is 6.10. The van der Waals surface area contributed by atoms with Crippen molar-refractivity contribution < 1.29 is 18.4 Å². The molecule has 1 unspecified atom stereocenters. The zero-order valence-corrected chi connectivity index (χ0v) is 7.10. The molecule has 4 nitrogen and oxygen atoms in total. The van der Waals surface area contributed by atoms with Crippen LogP contribution in [0.3, 0.4) is 0 Å². The molecule has 64 valence electrons. The van der Waals surface area contributed by atoms with Crippen molar-refractivity contribution >= 4 is 14.7 Å². The van der Waals surface area contributed by atoms with E-state index in [2.05, 4.69) is 4.52 Å². The molecule has 0 aromatic heterocycles. The Morgan fingerprint density at radius 1 is 1.25 bits per heavy atom. The van der Waals surface area contributed by atoms with Crippen molar-refractivity contribution in [1.29, 1.82) is 0 Å². The minimum absolute atomic E-state index is 0.101. The van der Waals surface area contributed by atoms with Crippen LogP contribution in [-0.2, 0) is 13.9 Å². The number of hydrogen-bond acceptors (Lipinski definition) is 4. The summed E-state index contributed by atoms with van der Waals surface area (Å²) < 4.78 is 19.6. The predicted octanol–water partition coefficient (Wildman–Crippen LogP) is 1.63. The molecule has 0 aliphatic heterocycles. The molecule has 0 aliphatic rings. The number of para-hydroxylation sites is 1. The Morgan fingerprint density at radius 2 is 1.92 bits per heavy atom. The summed E-state index contributed by atoms with van der Waals surface area (Å²) in [5, 5.41) is 0. The molecule has 1 aromatic carbocycles. The number of rotatable bonds is 4. The second kappa shape index (κ2) is 4.57. The van der Waals surface area contributed by atoms with Crippen LogP contribution in [0.4, 0.5) is 0 Å². The average Bonchev–Trinajstić information content (AvgIpc) is 2.06. The Labute approximate surface area is 70.1 Å². The van der Waals surface area contributed by atoms with Crippen LogP contribution in [0, 0.1) is 0 Å². The Kier molecular flexibility index (Phi) is 3.35. The maximum Gasteiger partial charge on any atom is 0.420 e. The van der Waals surface area contributed by atoms with Crippen molar-refractivity contribution in [2.24, 2.45) is 0 Å². The van der Waals surface area contributed by atoms with Gasteiger partial charge in [-0.25, -0.2) is 4.57 Å². The summed E-state index contributed by atoms with van der Waals surface area (Å²) in [7, 11) is -2.71. The maximum absolute atomic E-state index is 10.7. The summed E-state index contributed by atoms with van der Waals surface area (Å²) in [6.45, 7) is 0.101. The highest BCUT2D eigenvalue weighted by molar-refractivity contribution is 7.34. The molecule has 1 rings (SSSR count). The fourth-order valence-electron chi connectivity index (χ4n) is 0.648. The van der Waals surface area contributed by atoms with Crippen LogP contribution < -0.4 is 4.52 Å². The van der Waals surface area contributed by atoms with Crippen molar-refractivity contribution in [2.45, 2.75) is 0 Å². The molecule has 12 heavy (non-hydrogen) atoms. The smallest absolute Gasteiger partial charge is 0.418 e. The van der Waals surface area contributed by atoms with Crippen LogP contribution in [0.25, 0.3) is 0 Å². The van der Waals surface area contributed by atoms with E-state index in [9.17, 15) is 9.36 Å². The highest BCUT2D eigenvalue weighted by Gasteiger charge is 1.98. The Hall–Kier alpha value is -1.28. The van der Waals surface area contributed by atoms with E-state index in [-0.39, 0.29) is 6.47 Å². The number of benzene rings is 1. The lowest BCUT2D eigenvalue weighted by Gasteiger charge is -2.01. The predicted molar refractivity (Wildman–Crippen MR) is 43.2 cm³/mol. The van der Waals surface area contributed by atoms with Crippen LogP contribution in [0.1, 0.15) is 0 Å². The molecule has 0 fully saturated rings. The van der Waals surface area contributed by atoms with Crippen molar-refractivity contribution in [3.63, 3.8) is 0 Å². The zero-order chi connectivity index (χ0) is 8.81. The minimum atomic E-state index is -2.71. The third kappa shape index (κ3) is 2.76. The second-order valence-electron chi connectivity index (χ2n) is 1.88. The molecule has 0 bridgehead atoms. The maximum atomic E-state index is 10.7. The van der Waals surface area contributed by atoms with Gasteiger partial charge in [0.25, 0.3) is 6.47 Å². The van der Waals surface area contributed by atoms with Gasteiger partial charge >= 0.3 is 8.25 Å². The molecule has 0 heterocycles. The highest BCUT2D eigenvalue weighted by atomic mass is 31.1. The van der Waals surface area contributed by atoms with Gasteiger partial charge in [0.15, 0.2) is 0 Å². The van der Waals surface area contributed by atoms with Gasteiger partial charge in [0.2, 0.25) is 0 Å². The molecule has 0 amide bonds. The lowest BCUT2D eigenvalue weighted by Crippen LogP contribution is -1.83. The van der Waals surface area contributed by atoms with Gasteiger partial charge in [0.1, 0.15) is 5.75 Å². The Bertz CT molecular complexity index is 272. The number of carbonyl (C=O) groups excluding carboxylic acids is 1. The van der Waals surface area contributed by atoms with Gasteiger partial charge in [-0.3, -0.25) is 4.79 Å². The van der Waals surface area contributed by atoms with E-state index in [1.165, 1.54) is 0 Å². The van der Waals surface area contributed by atoms with Gasteiger partial charge in [0.05, 0.1) is 0 Å². The van der Waals surface area contributed by atoms with Gasteiger partial charge in [-0.15, -0.1) is 0 Å². The molecule has 5 heteroatoms. The SMILES string of the molecule is O=CO[PH](=O)Oc1ccccc1. The molecule has 0 aliphatic carbocycles. The van der Waals surface area contributed by atoms with Crippen LogP contribution in [-0.4, -0.2) is 6.47 Å². The van der Waals surface area contributed by atoms with Crippen LogP contribution in [0.15, 0.2) is 30.3 Å². The van der Waals surface area contributed by atoms with Crippen LogP contribution >= 0.6 is 8.25 Å². The average molecular weight is 186 g/mol. The first-order valence-corrected chi connectivity index (χ1v) is 4.42. The summed E-state index contributed by atoms with van der Waals surface area (Å²) in [6.07, 6.45) is 0. The second-order valence-corrected chi connectivity index (χ2v) is 2.82. The molecular formula is C7H7O4P. The first-order chi connectivity index (χ1) is 5.83. The Balaban J connectivity index is 2.52. The van der Waals surface area contributed by atoms with Gasteiger partial charge in [-0.2, -0.15) is 0 Å². The summed E-state index contributed by atoms with van der Waals surface area (Å²) in [6, 6.07) is 8.49. The minimum Gasteiger partial charge on any atom is -0.418 e. The lowest BCUT2D eigenvalue weighted by molar-refractivity contribution is -0.120. The van der Waals surface area contributed by atoms with E-state index in [4.69, 9.17) is 4.52 Å². The van der Waals surface area contributed by atoms with Crippen LogP contribution in [0.5, 0.6) is 5.75 Å². The number of carbonyl (C=O) groups is 1. The Morgan fingerprint density at radius 3 is 2.50 bits per heavy atom. The fourth-order valence-corrected chi connectivity index (χ4v) is 1.10. The summed E-state index contributed by atoms with van der Waals surface area (Å²) in [4.78, 5) is 9.73. The van der Waals surface area contributed by atoms with E-state index in [1.54, 1.807) is 30.3 Å². The van der Waals surface area contributed by atoms with E-state index < -0.39 is 8.25 Å². The van der Waals surface area contributed by atoms with E-state index >= 15 is 0 Å². The van der Waals surface area contributed by atoms with Gasteiger partial charge < -0.3 is 9.05 Å². The molecular weight excluding hydrogens is 179 g/mol. The topological polar surface area (TPSA) is 52.6 Å². The standard InChI is InChI=1S/C7H7O4P/c8-6-10-12(9)11-7-4-2-1-3-5-7/h1-6,12H. The van der Waals surface area contributed by atoms with E-state index in [0.717, 1.165) is 0 Å². The molecule has 0 saturated heterocycles. The van der Waals surface area contributed by atoms with Crippen LogP contribution in [0.2, 0.25) is 0 Å². The van der Waals surface area contributed by atoms with E-state index in [1.807, 2.05) is 0 Å². The summed E-state index contributed by atoms with van der Waals surface area (Å²) in [5.41, 5.74) is 0. The first-order valence-electron chi connectivity index (χ1n) is 3.20. The monoisotopic (exact) mass is 186 g/mol. The van der Waals surface area contributed by atoms with E-state index in [0.29, 0.717) is 5.75 Å². The normalized spacial score (nSPS) is 11.7. The molecule has 0 radical (unpaired) electrons. The third-order valence-electron chi connectivity index (χ3n) is 1.09. The summed E-state index contributed by atoms with van der Waals surface area (Å²) in [5.74, 6) is 0.420. The lowest BCUT2D eigenvalue weighted by atomic mass is 10.3. The van der Waals surface area contributed by atoms with Crippen molar-refractivity contribution in [1.82, 2.24) is 0 Å². The molecule has 0 N–H and O–H groups in total. The molecule has 1 atom stereocenters. The first kappa shape index (κ1) is 8.81. The number of hydrogen-bond donors (Lipinski definition) is 0. The fraction of sp³-hybridized carbons (Fsp3) is 0. The van der Waals surface area contributed by atoms with Crippen molar-refractivity contribution in [3.05, 3.63) is 30.3 Å². The van der Waals surface area contributed by atoms with Gasteiger partial charge in [-0.1, -0.05) is 18.2 Å². The molecule has 1 aromatic rings.